The zero-order chi connectivity index (χ0) is 14.3. The summed E-state index contributed by atoms with van der Waals surface area (Å²) in [6.07, 6.45) is -4.42. The second-order valence-corrected chi connectivity index (χ2v) is 4.79. The van der Waals surface area contributed by atoms with Gasteiger partial charge in [-0.3, -0.25) is 0 Å². The van der Waals surface area contributed by atoms with Crippen LogP contribution >= 0.6 is 11.6 Å². The van der Waals surface area contributed by atoms with Crippen molar-refractivity contribution in [3.8, 4) is 11.5 Å². The number of alkyl halides is 4. The quantitative estimate of drug-likeness (QED) is 0.536. The van der Waals surface area contributed by atoms with Crippen molar-refractivity contribution in [1.82, 2.24) is 0 Å². The molecule has 0 fully saturated rings. The van der Waals surface area contributed by atoms with Crippen molar-refractivity contribution in [3.63, 3.8) is 0 Å². The van der Waals surface area contributed by atoms with Gasteiger partial charge in [0.1, 0.15) is 11.3 Å². The number of anilines is 1. The zero-order valence-electron chi connectivity index (χ0n) is 10.0. The summed E-state index contributed by atoms with van der Waals surface area (Å²) >= 11 is 6.17. The Balaban J connectivity index is 2.11. The summed E-state index contributed by atoms with van der Waals surface area (Å²) in [7, 11) is 0. The van der Waals surface area contributed by atoms with Crippen LogP contribution in [0, 0.1) is 0 Å². The van der Waals surface area contributed by atoms with E-state index in [1.54, 1.807) is 24.3 Å². The molecule has 0 saturated carbocycles. The summed E-state index contributed by atoms with van der Waals surface area (Å²) in [6, 6.07) is 10.2. The maximum atomic E-state index is 12.7. The predicted molar refractivity (Wildman–Crippen MR) is 70.2 cm³/mol. The fraction of sp³-hybridized carbons (Fsp3) is 0.143. The Labute approximate surface area is 118 Å². The average molecular weight is 300 g/mol. The minimum Gasteiger partial charge on any atom is -0.455 e. The molecule has 0 aromatic heterocycles. The van der Waals surface area contributed by atoms with Crippen molar-refractivity contribution in [2.24, 2.45) is 0 Å². The van der Waals surface area contributed by atoms with E-state index in [9.17, 15) is 13.2 Å². The van der Waals surface area contributed by atoms with Crippen LogP contribution in [0.5, 0.6) is 11.5 Å². The third-order valence-electron chi connectivity index (χ3n) is 3.00. The van der Waals surface area contributed by atoms with E-state index < -0.39 is 17.2 Å². The lowest BCUT2D eigenvalue weighted by molar-refractivity contribution is -0.137. The molecule has 0 spiro atoms. The number of hydrogen-bond acceptors (Lipinski definition) is 2. The van der Waals surface area contributed by atoms with Crippen LogP contribution in [0.3, 0.4) is 0 Å². The lowest BCUT2D eigenvalue weighted by atomic mass is 10.1. The fourth-order valence-electron chi connectivity index (χ4n) is 2.02. The molecule has 1 heterocycles. The highest BCUT2D eigenvalue weighted by Gasteiger charge is 2.32. The van der Waals surface area contributed by atoms with E-state index in [1.165, 1.54) is 6.07 Å². The number of fused-ring (bicyclic) bond motifs is 2. The zero-order valence-corrected chi connectivity index (χ0v) is 10.8. The molecule has 104 valence electrons. The standard InChI is InChI=1S/C14H9ClF3NO/c15-13-9-6-5-8(14(16,17)18)7-12(9)20-11-4-2-1-3-10(11)19-13/h1-7,13,19H. The Morgan fingerprint density at radius 2 is 1.80 bits per heavy atom. The van der Waals surface area contributed by atoms with E-state index in [0.29, 0.717) is 17.0 Å². The van der Waals surface area contributed by atoms with Gasteiger partial charge in [0.05, 0.1) is 11.3 Å². The van der Waals surface area contributed by atoms with Gasteiger partial charge in [0, 0.05) is 5.56 Å². The van der Waals surface area contributed by atoms with Gasteiger partial charge in [0.25, 0.3) is 0 Å². The Bertz CT molecular complexity index is 657. The van der Waals surface area contributed by atoms with Gasteiger partial charge >= 0.3 is 6.18 Å². The first-order chi connectivity index (χ1) is 9.45. The third-order valence-corrected chi connectivity index (χ3v) is 3.35. The van der Waals surface area contributed by atoms with Gasteiger partial charge in [0.2, 0.25) is 0 Å². The molecule has 3 rings (SSSR count). The van der Waals surface area contributed by atoms with Gasteiger partial charge in [0.15, 0.2) is 5.75 Å². The van der Waals surface area contributed by atoms with Crippen LogP contribution in [-0.2, 0) is 6.18 Å². The first-order valence-corrected chi connectivity index (χ1v) is 6.27. The third kappa shape index (κ3) is 2.29. The summed E-state index contributed by atoms with van der Waals surface area (Å²) in [5, 5.41) is 3.00. The van der Waals surface area contributed by atoms with Crippen molar-refractivity contribution in [3.05, 3.63) is 53.6 Å². The molecule has 1 aliphatic rings. The summed E-state index contributed by atoms with van der Waals surface area (Å²) in [6.45, 7) is 0. The van der Waals surface area contributed by atoms with Crippen molar-refractivity contribution in [1.29, 1.82) is 0 Å². The molecule has 0 radical (unpaired) electrons. The van der Waals surface area contributed by atoms with E-state index in [4.69, 9.17) is 16.3 Å². The topological polar surface area (TPSA) is 21.3 Å². The summed E-state index contributed by atoms with van der Waals surface area (Å²) < 4.78 is 43.8. The highest BCUT2D eigenvalue weighted by Crippen LogP contribution is 2.43. The summed E-state index contributed by atoms with van der Waals surface area (Å²) in [5.41, 5.74) is -0.316. The molecule has 1 N–H and O–H groups in total. The summed E-state index contributed by atoms with van der Waals surface area (Å²) in [5.74, 6) is 0.550. The fourth-order valence-corrected chi connectivity index (χ4v) is 2.31. The number of benzene rings is 2. The van der Waals surface area contributed by atoms with E-state index >= 15 is 0 Å². The molecule has 2 aromatic rings. The molecule has 0 amide bonds. The highest BCUT2D eigenvalue weighted by atomic mass is 35.5. The lowest BCUT2D eigenvalue weighted by Crippen LogP contribution is -2.07. The van der Waals surface area contributed by atoms with Gasteiger partial charge in [-0.25, -0.2) is 0 Å². The average Bonchev–Trinajstić information content (AvgIpc) is 2.53. The Hall–Kier alpha value is -1.88. The second-order valence-electron chi connectivity index (χ2n) is 4.36. The first kappa shape index (κ1) is 13.1. The Morgan fingerprint density at radius 1 is 1.05 bits per heavy atom. The number of rotatable bonds is 0. The monoisotopic (exact) mass is 299 g/mol. The number of halogens is 4. The van der Waals surface area contributed by atoms with Crippen LogP contribution < -0.4 is 10.1 Å². The van der Waals surface area contributed by atoms with Gasteiger partial charge in [-0.2, -0.15) is 13.2 Å². The maximum absolute atomic E-state index is 12.7. The van der Waals surface area contributed by atoms with Gasteiger partial charge in [-0.05, 0) is 24.3 Å². The SMILES string of the molecule is FC(F)(F)c1ccc2c(c1)Oc1ccccc1NC2Cl. The molecule has 0 bridgehead atoms. The van der Waals surface area contributed by atoms with Crippen LogP contribution in [0.2, 0.25) is 0 Å². The molecule has 2 nitrogen and oxygen atoms in total. The molecule has 1 aliphatic heterocycles. The van der Waals surface area contributed by atoms with Crippen LogP contribution in [-0.4, -0.2) is 0 Å². The Kier molecular flexibility index (Phi) is 3.01. The van der Waals surface area contributed by atoms with Crippen molar-refractivity contribution in [2.75, 3.05) is 5.32 Å². The molecule has 2 aromatic carbocycles. The van der Waals surface area contributed by atoms with Crippen molar-refractivity contribution < 1.29 is 17.9 Å². The molecule has 0 aliphatic carbocycles. The highest BCUT2D eigenvalue weighted by molar-refractivity contribution is 6.22. The molecular formula is C14H9ClF3NO. The van der Waals surface area contributed by atoms with E-state index in [1.807, 2.05) is 0 Å². The Morgan fingerprint density at radius 3 is 2.55 bits per heavy atom. The molecular weight excluding hydrogens is 291 g/mol. The minimum atomic E-state index is -4.42. The van der Waals surface area contributed by atoms with Crippen molar-refractivity contribution >= 4 is 17.3 Å². The van der Waals surface area contributed by atoms with E-state index in [2.05, 4.69) is 5.32 Å². The second kappa shape index (κ2) is 4.59. The molecule has 1 atom stereocenters. The first-order valence-electron chi connectivity index (χ1n) is 5.84. The number of ether oxygens (including phenoxy) is 1. The molecule has 1 unspecified atom stereocenters. The number of nitrogens with one attached hydrogen (secondary N) is 1. The van der Waals surface area contributed by atoms with Crippen LogP contribution in [0.4, 0.5) is 18.9 Å². The van der Waals surface area contributed by atoms with Crippen LogP contribution in [0.25, 0.3) is 0 Å². The number of hydrogen-bond donors (Lipinski definition) is 1. The van der Waals surface area contributed by atoms with E-state index in [0.717, 1.165) is 12.1 Å². The lowest BCUT2D eigenvalue weighted by Gasteiger charge is -2.13. The molecule has 6 heteroatoms. The maximum Gasteiger partial charge on any atom is 0.416 e. The van der Waals surface area contributed by atoms with Gasteiger partial charge < -0.3 is 10.1 Å². The molecule has 0 saturated heterocycles. The predicted octanol–water partition coefficient (Wildman–Crippen LogP) is 5.16. The van der Waals surface area contributed by atoms with Crippen LogP contribution in [0.1, 0.15) is 16.6 Å². The molecule has 20 heavy (non-hydrogen) atoms. The van der Waals surface area contributed by atoms with Gasteiger partial charge in [-0.15, -0.1) is 0 Å². The van der Waals surface area contributed by atoms with Gasteiger partial charge in [-0.1, -0.05) is 29.8 Å². The summed E-state index contributed by atoms with van der Waals surface area (Å²) in [4.78, 5) is 0. The smallest absolute Gasteiger partial charge is 0.416 e. The normalized spacial score (nSPS) is 17.3. The number of para-hydroxylation sites is 2. The van der Waals surface area contributed by atoms with Crippen molar-refractivity contribution in [2.45, 2.75) is 11.7 Å². The largest absolute Gasteiger partial charge is 0.455 e. The van der Waals surface area contributed by atoms with Crippen LogP contribution in [0.15, 0.2) is 42.5 Å². The minimum absolute atomic E-state index is 0.109. The van der Waals surface area contributed by atoms with E-state index in [-0.39, 0.29) is 5.75 Å².